The van der Waals surface area contributed by atoms with Gasteiger partial charge in [-0.15, -0.1) is 0 Å². The first kappa shape index (κ1) is 18.3. The van der Waals surface area contributed by atoms with E-state index in [-0.39, 0.29) is 18.5 Å². The molecule has 1 fully saturated rings. The molecule has 1 amide bonds. The molecule has 2 rings (SSSR count). The number of carbonyl (C=O) groups is 2. The van der Waals surface area contributed by atoms with Gasteiger partial charge in [0.25, 0.3) is 0 Å². The molecule has 2 N–H and O–H groups in total. The highest BCUT2D eigenvalue weighted by molar-refractivity contribution is 5.78. The van der Waals surface area contributed by atoms with Crippen molar-refractivity contribution in [3.05, 3.63) is 35.9 Å². The zero-order valence-electron chi connectivity index (χ0n) is 14.5. The van der Waals surface area contributed by atoms with Crippen LogP contribution >= 0.6 is 0 Å². The van der Waals surface area contributed by atoms with Gasteiger partial charge in [0.15, 0.2) is 0 Å². The smallest absolute Gasteiger partial charge is 0.410 e. The Kier molecular flexibility index (Phi) is 4.90. The molecule has 0 aliphatic carbocycles. The second-order valence-electron chi connectivity index (χ2n) is 7.66. The number of aliphatic carboxylic acids is 1. The first-order chi connectivity index (χ1) is 11.1. The maximum absolute atomic E-state index is 12.5. The standard InChI is InChI=1S/C18H25NO5/c1-17(2,3)14(12-8-6-5-7-9-12)24-16(23)19-10-13(20)18(4,11-19)15(21)22/h5-9,13-14,20H,10-11H2,1-4H3,(H,21,22)/t13?,14?,18-/m0/s1. The second kappa shape index (κ2) is 6.43. The number of aliphatic hydroxyl groups excluding tert-OH is 1. The Morgan fingerprint density at radius 2 is 1.88 bits per heavy atom. The lowest BCUT2D eigenvalue weighted by molar-refractivity contribution is -0.151. The van der Waals surface area contributed by atoms with Crippen molar-refractivity contribution < 1.29 is 24.5 Å². The largest absolute Gasteiger partial charge is 0.481 e. The Labute approximate surface area is 142 Å². The Bertz CT molecular complexity index is 610. The molecule has 132 valence electrons. The van der Waals surface area contributed by atoms with Crippen LogP contribution in [0.4, 0.5) is 4.79 Å². The Hall–Kier alpha value is -2.08. The van der Waals surface area contributed by atoms with E-state index in [2.05, 4.69) is 0 Å². The number of hydrogen-bond acceptors (Lipinski definition) is 4. The minimum atomic E-state index is -1.37. The molecule has 3 atom stereocenters. The molecule has 6 nitrogen and oxygen atoms in total. The number of β-amino-alcohol motifs (C(OH)–C–C–N with tert-alkyl or cyclic N) is 1. The highest BCUT2D eigenvalue weighted by atomic mass is 16.6. The predicted octanol–water partition coefficient (Wildman–Crippen LogP) is 2.68. The summed E-state index contributed by atoms with van der Waals surface area (Å²) >= 11 is 0. The van der Waals surface area contributed by atoms with Crippen LogP contribution in [-0.4, -0.2) is 46.4 Å². The van der Waals surface area contributed by atoms with Gasteiger partial charge >= 0.3 is 12.1 Å². The number of carboxylic acid groups (broad SMARTS) is 1. The van der Waals surface area contributed by atoms with Gasteiger partial charge in [0.05, 0.1) is 12.6 Å². The third kappa shape index (κ3) is 3.53. The lowest BCUT2D eigenvalue weighted by atomic mass is 9.84. The van der Waals surface area contributed by atoms with Crippen LogP contribution in [0.2, 0.25) is 0 Å². The first-order valence-corrected chi connectivity index (χ1v) is 7.97. The number of benzene rings is 1. The average molecular weight is 335 g/mol. The number of rotatable bonds is 3. The number of nitrogens with zero attached hydrogens (tertiary/aromatic N) is 1. The zero-order chi connectivity index (χ0) is 18.1. The van der Waals surface area contributed by atoms with Crippen LogP contribution < -0.4 is 0 Å². The second-order valence-corrected chi connectivity index (χ2v) is 7.66. The monoisotopic (exact) mass is 335 g/mol. The van der Waals surface area contributed by atoms with Gasteiger partial charge in [-0.1, -0.05) is 51.1 Å². The van der Waals surface area contributed by atoms with E-state index in [1.165, 1.54) is 11.8 Å². The molecule has 6 heteroatoms. The summed E-state index contributed by atoms with van der Waals surface area (Å²) in [5.74, 6) is -1.12. The normalized spacial score (nSPS) is 25.4. The van der Waals surface area contributed by atoms with Gasteiger partial charge in [-0.25, -0.2) is 4.79 Å². The topological polar surface area (TPSA) is 87.1 Å². The van der Waals surface area contributed by atoms with E-state index < -0.39 is 29.7 Å². The van der Waals surface area contributed by atoms with Gasteiger partial charge in [0.1, 0.15) is 11.5 Å². The van der Waals surface area contributed by atoms with E-state index >= 15 is 0 Å². The first-order valence-electron chi connectivity index (χ1n) is 7.97. The van der Waals surface area contributed by atoms with E-state index in [0.717, 1.165) is 5.56 Å². The van der Waals surface area contributed by atoms with Crippen molar-refractivity contribution in [1.29, 1.82) is 0 Å². The van der Waals surface area contributed by atoms with Gasteiger partial charge in [-0.3, -0.25) is 4.79 Å². The van der Waals surface area contributed by atoms with Gasteiger partial charge in [0.2, 0.25) is 0 Å². The van der Waals surface area contributed by atoms with E-state index in [1.54, 1.807) is 0 Å². The molecular weight excluding hydrogens is 310 g/mol. The summed E-state index contributed by atoms with van der Waals surface area (Å²) in [4.78, 5) is 25.2. The number of carbonyl (C=O) groups excluding carboxylic acids is 1. The van der Waals surface area contributed by atoms with Crippen LogP contribution in [0.25, 0.3) is 0 Å². The molecule has 1 aromatic rings. The third-order valence-electron chi connectivity index (χ3n) is 4.50. The fraction of sp³-hybridized carbons (Fsp3) is 0.556. The van der Waals surface area contributed by atoms with Crippen LogP contribution in [0.3, 0.4) is 0 Å². The summed E-state index contributed by atoms with van der Waals surface area (Å²) in [6.45, 7) is 7.22. The fourth-order valence-electron chi connectivity index (χ4n) is 2.87. The van der Waals surface area contributed by atoms with Crippen molar-refractivity contribution in [3.63, 3.8) is 0 Å². The van der Waals surface area contributed by atoms with Crippen molar-refractivity contribution in [2.75, 3.05) is 13.1 Å². The molecule has 0 saturated carbocycles. The quantitative estimate of drug-likeness (QED) is 0.887. The van der Waals surface area contributed by atoms with Gasteiger partial charge in [-0.2, -0.15) is 0 Å². The van der Waals surface area contributed by atoms with E-state index in [4.69, 9.17) is 4.74 Å². The third-order valence-corrected chi connectivity index (χ3v) is 4.50. The summed E-state index contributed by atoms with van der Waals surface area (Å²) < 4.78 is 5.69. The molecule has 1 aromatic carbocycles. The molecule has 0 radical (unpaired) electrons. The minimum Gasteiger partial charge on any atom is -0.481 e. The van der Waals surface area contributed by atoms with Crippen LogP contribution in [0.1, 0.15) is 39.4 Å². The summed E-state index contributed by atoms with van der Waals surface area (Å²) in [5, 5.41) is 19.3. The van der Waals surface area contributed by atoms with Crippen molar-refractivity contribution in [2.24, 2.45) is 10.8 Å². The van der Waals surface area contributed by atoms with Crippen LogP contribution in [0, 0.1) is 10.8 Å². The van der Waals surface area contributed by atoms with Gasteiger partial charge in [0, 0.05) is 12.0 Å². The van der Waals surface area contributed by atoms with E-state index in [0.29, 0.717) is 0 Å². The number of likely N-dealkylation sites (tertiary alicyclic amines) is 1. The zero-order valence-corrected chi connectivity index (χ0v) is 14.5. The number of carboxylic acids is 1. The molecule has 0 bridgehead atoms. The van der Waals surface area contributed by atoms with Crippen LogP contribution in [0.15, 0.2) is 30.3 Å². The number of hydrogen-bond donors (Lipinski definition) is 2. The fourth-order valence-corrected chi connectivity index (χ4v) is 2.87. The molecule has 1 aliphatic heterocycles. The summed E-state index contributed by atoms with van der Waals surface area (Å²) in [6, 6.07) is 9.43. The summed E-state index contributed by atoms with van der Waals surface area (Å²) in [7, 11) is 0. The van der Waals surface area contributed by atoms with Gasteiger partial charge < -0.3 is 19.8 Å². The molecule has 1 heterocycles. The SMILES string of the molecule is CC(C)(C)C(OC(=O)N1CC(O)[C@@](C)(C(=O)O)C1)c1ccccc1. The Morgan fingerprint density at radius 1 is 1.29 bits per heavy atom. The minimum absolute atomic E-state index is 0.0483. The summed E-state index contributed by atoms with van der Waals surface area (Å²) in [6.07, 6.45) is -2.20. The van der Waals surface area contributed by atoms with Crippen molar-refractivity contribution in [2.45, 2.75) is 39.9 Å². The van der Waals surface area contributed by atoms with Crippen molar-refractivity contribution in [3.8, 4) is 0 Å². The molecule has 24 heavy (non-hydrogen) atoms. The number of aliphatic hydroxyl groups is 1. The van der Waals surface area contributed by atoms with E-state index in [1.807, 2.05) is 51.1 Å². The van der Waals surface area contributed by atoms with Gasteiger partial charge in [-0.05, 0) is 12.5 Å². The highest BCUT2D eigenvalue weighted by Crippen LogP contribution is 2.38. The van der Waals surface area contributed by atoms with Crippen LogP contribution in [-0.2, 0) is 9.53 Å². The van der Waals surface area contributed by atoms with Crippen molar-refractivity contribution >= 4 is 12.1 Å². The maximum Gasteiger partial charge on any atom is 0.410 e. The Morgan fingerprint density at radius 3 is 2.33 bits per heavy atom. The number of amides is 1. The molecule has 0 aromatic heterocycles. The van der Waals surface area contributed by atoms with E-state index in [9.17, 15) is 19.8 Å². The Balaban J connectivity index is 2.17. The van der Waals surface area contributed by atoms with Crippen molar-refractivity contribution in [1.82, 2.24) is 4.90 Å². The molecule has 1 saturated heterocycles. The predicted molar refractivity (Wildman–Crippen MR) is 88.4 cm³/mol. The maximum atomic E-state index is 12.5. The molecule has 2 unspecified atom stereocenters. The summed E-state index contributed by atoms with van der Waals surface area (Å²) in [5.41, 5.74) is -0.826. The number of ether oxygens (including phenoxy) is 1. The highest BCUT2D eigenvalue weighted by Gasteiger charge is 2.50. The lowest BCUT2D eigenvalue weighted by Crippen LogP contribution is -2.39. The average Bonchev–Trinajstić information content (AvgIpc) is 2.81. The lowest BCUT2D eigenvalue weighted by Gasteiger charge is -2.32. The molecular formula is C18H25NO5. The molecule has 0 spiro atoms. The molecule has 1 aliphatic rings. The van der Waals surface area contributed by atoms with Crippen LogP contribution in [0.5, 0.6) is 0 Å².